The summed E-state index contributed by atoms with van der Waals surface area (Å²) in [6, 6.07) is 8.40. The van der Waals surface area contributed by atoms with E-state index in [0.29, 0.717) is 17.9 Å². The number of hydrogen-bond acceptors (Lipinski definition) is 4. The molecule has 0 amide bonds. The molecule has 0 bridgehead atoms. The predicted octanol–water partition coefficient (Wildman–Crippen LogP) is 4.71. The molecule has 2 aromatic carbocycles. The summed E-state index contributed by atoms with van der Waals surface area (Å²) in [6.07, 6.45) is 0.532. The van der Waals surface area contributed by atoms with Gasteiger partial charge >= 0.3 is 26.7 Å². The van der Waals surface area contributed by atoms with E-state index in [0.717, 1.165) is 33.4 Å². The fourth-order valence-electron chi connectivity index (χ4n) is 4.28. The van der Waals surface area contributed by atoms with Crippen molar-refractivity contribution in [3.8, 4) is 11.5 Å². The summed E-state index contributed by atoms with van der Waals surface area (Å²) in [5.74, 6) is 0.811. The van der Waals surface area contributed by atoms with Gasteiger partial charge < -0.3 is 13.9 Å². The summed E-state index contributed by atoms with van der Waals surface area (Å²) in [5.41, 5.74) is 5.02. The van der Waals surface area contributed by atoms with E-state index < -0.39 is 7.82 Å². The second-order valence-electron chi connectivity index (χ2n) is 13.8. The third-order valence-corrected chi connectivity index (χ3v) is 7.28. The third kappa shape index (κ3) is 6.59. The molecular weight excluding hydrogens is 450 g/mol. The standard InChI is InChI=1S/C29H43O4P.Li/c1-26(2,3)20-14-18-13-19-15-21(27(4,5)6)17-23(29(10,11)12)25(19)33-34(30,31)32-24(18)22(16-20)28(7,8)9;/h14-17H,13H2,1-12H3,(H,30,31);/q;+1/p-1. The summed E-state index contributed by atoms with van der Waals surface area (Å²) in [4.78, 5) is 13.3. The van der Waals surface area contributed by atoms with Gasteiger partial charge in [-0.3, -0.25) is 0 Å². The zero-order valence-electron chi connectivity index (χ0n) is 24.1. The van der Waals surface area contributed by atoms with E-state index >= 15 is 0 Å². The van der Waals surface area contributed by atoms with Crippen LogP contribution in [0.3, 0.4) is 0 Å². The Balaban J connectivity index is 0.00000432. The maximum atomic E-state index is 13.3. The Morgan fingerprint density at radius 1 is 0.629 bits per heavy atom. The fraction of sp³-hybridized carbons (Fsp3) is 0.586. The Morgan fingerprint density at radius 3 is 1.20 bits per heavy atom. The van der Waals surface area contributed by atoms with Crippen molar-refractivity contribution < 1.29 is 37.4 Å². The van der Waals surface area contributed by atoms with Crippen molar-refractivity contribution in [3.63, 3.8) is 0 Å². The Labute approximate surface area is 225 Å². The van der Waals surface area contributed by atoms with Crippen molar-refractivity contribution in [2.75, 3.05) is 0 Å². The molecule has 0 radical (unpaired) electrons. The number of phosphoric ester groups is 1. The maximum absolute atomic E-state index is 13.3. The average Bonchev–Trinajstić information content (AvgIpc) is 2.58. The Hall–Kier alpha value is -1.17. The van der Waals surface area contributed by atoms with Crippen molar-refractivity contribution in [3.05, 3.63) is 57.6 Å². The van der Waals surface area contributed by atoms with Crippen LogP contribution in [0.5, 0.6) is 11.5 Å². The molecule has 1 aliphatic rings. The zero-order valence-corrected chi connectivity index (χ0v) is 25.0. The summed E-state index contributed by atoms with van der Waals surface area (Å²) in [7, 11) is -4.68. The molecule has 0 spiro atoms. The summed E-state index contributed by atoms with van der Waals surface area (Å²) in [5, 5.41) is 0. The van der Waals surface area contributed by atoms with Gasteiger partial charge in [0.15, 0.2) is 0 Å². The van der Waals surface area contributed by atoms with E-state index in [4.69, 9.17) is 9.05 Å². The van der Waals surface area contributed by atoms with Crippen LogP contribution in [0.4, 0.5) is 0 Å². The van der Waals surface area contributed by atoms with Gasteiger partial charge in [-0.1, -0.05) is 107 Å². The Morgan fingerprint density at radius 2 is 0.943 bits per heavy atom. The minimum absolute atomic E-state index is 0. The number of fused-ring (bicyclic) bond motifs is 2. The molecule has 0 aliphatic carbocycles. The predicted molar refractivity (Wildman–Crippen MR) is 139 cm³/mol. The molecule has 0 unspecified atom stereocenters. The van der Waals surface area contributed by atoms with Gasteiger partial charge in [-0.15, -0.1) is 0 Å². The number of phosphoric acid groups is 1. The first-order valence-electron chi connectivity index (χ1n) is 12.2. The van der Waals surface area contributed by atoms with Crippen LogP contribution in [0.2, 0.25) is 0 Å². The number of hydrogen-bond donors (Lipinski definition) is 0. The fourth-order valence-corrected chi connectivity index (χ4v) is 5.20. The third-order valence-electron chi connectivity index (χ3n) is 6.47. The molecule has 0 fully saturated rings. The summed E-state index contributed by atoms with van der Waals surface area (Å²) < 4.78 is 24.8. The molecule has 35 heavy (non-hydrogen) atoms. The minimum atomic E-state index is -4.68. The van der Waals surface area contributed by atoms with Gasteiger partial charge in [-0.05, 0) is 43.9 Å². The quantitative estimate of drug-likeness (QED) is 0.395. The van der Waals surface area contributed by atoms with Crippen molar-refractivity contribution in [2.24, 2.45) is 0 Å². The van der Waals surface area contributed by atoms with Crippen LogP contribution < -0.4 is 32.8 Å². The van der Waals surface area contributed by atoms with E-state index in [-0.39, 0.29) is 40.5 Å². The molecule has 1 aliphatic heterocycles. The van der Waals surface area contributed by atoms with Crippen LogP contribution in [-0.2, 0) is 32.6 Å². The molecule has 0 atom stereocenters. The second kappa shape index (κ2) is 9.29. The van der Waals surface area contributed by atoms with Crippen LogP contribution in [0.1, 0.15) is 116 Å². The largest absolute Gasteiger partial charge is 1.00 e. The monoisotopic (exact) mass is 492 g/mol. The van der Waals surface area contributed by atoms with E-state index in [2.05, 4.69) is 107 Å². The summed E-state index contributed by atoms with van der Waals surface area (Å²) in [6.45, 7) is 25.5. The van der Waals surface area contributed by atoms with Gasteiger partial charge in [-0.25, -0.2) is 4.57 Å². The van der Waals surface area contributed by atoms with Crippen LogP contribution in [0.15, 0.2) is 24.3 Å². The van der Waals surface area contributed by atoms with Gasteiger partial charge in [0.05, 0.1) is 0 Å². The molecule has 1 heterocycles. The van der Waals surface area contributed by atoms with E-state index in [1.165, 1.54) is 0 Å². The Kier molecular flexibility index (Phi) is 7.98. The van der Waals surface area contributed by atoms with Gasteiger partial charge in [0.2, 0.25) is 0 Å². The van der Waals surface area contributed by atoms with Gasteiger partial charge in [0.25, 0.3) is 0 Å². The van der Waals surface area contributed by atoms with Crippen molar-refractivity contribution >= 4 is 7.82 Å². The zero-order chi connectivity index (χ0) is 26.1. The molecule has 0 aromatic heterocycles. The molecular formula is C29H42LiO4P. The van der Waals surface area contributed by atoms with Crippen molar-refractivity contribution in [2.45, 2.75) is 111 Å². The SMILES string of the molecule is CC(C)(C)c1cc2c(c(C(C)(C)C)c1)OP(=O)([O-])Oc1c(cc(C(C)(C)C)cc1C(C)(C)C)C2.[Li+]. The first-order chi connectivity index (χ1) is 15.1. The van der Waals surface area contributed by atoms with Crippen LogP contribution in [0, 0.1) is 0 Å². The van der Waals surface area contributed by atoms with Crippen LogP contribution in [-0.4, -0.2) is 0 Å². The molecule has 0 saturated heterocycles. The maximum Gasteiger partial charge on any atom is 1.00 e. The van der Waals surface area contributed by atoms with E-state index in [9.17, 15) is 9.46 Å². The van der Waals surface area contributed by atoms with Crippen molar-refractivity contribution in [1.29, 1.82) is 0 Å². The van der Waals surface area contributed by atoms with Crippen LogP contribution in [0.25, 0.3) is 0 Å². The first kappa shape index (κ1) is 30.1. The van der Waals surface area contributed by atoms with Crippen LogP contribution >= 0.6 is 7.82 Å². The van der Waals surface area contributed by atoms with Crippen molar-refractivity contribution in [1.82, 2.24) is 0 Å². The Bertz CT molecular complexity index is 1070. The molecule has 4 nitrogen and oxygen atoms in total. The molecule has 0 N–H and O–H groups in total. The number of rotatable bonds is 0. The normalized spacial score (nSPS) is 16.0. The number of benzene rings is 2. The minimum Gasteiger partial charge on any atom is -0.736 e. The summed E-state index contributed by atoms with van der Waals surface area (Å²) >= 11 is 0. The molecule has 2 aromatic rings. The van der Waals surface area contributed by atoms with Gasteiger partial charge in [0.1, 0.15) is 11.5 Å². The topological polar surface area (TPSA) is 58.6 Å². The smallest absolute Gasteiger partial charge is 0.736 e. The average molecular weight is 493 g/mol. The van der Waals surface area contributed by atoms with Gasteiger partial charge in [-0.2, -0.15) is 0 Å². The first-order valence-corrected chi connectivity index (χ1v) is 13.6. The molecule has 188 valence electrons. The molecule has 3 rings (SSSR count). The van der Waals surface area contributed by atoms with Gasteiger partial charge in [0, 0.05) is 17.5 Å². The second-order valence-corrected chi connectivity index (χ2v) is 15.1. The molecule has 6 heteroatoms. The van der Waals surface area contributed by atoms with E-state index in [1.54, 1.807) is 0 Å². The molecule has 0 saturated carbocycles. The van der Waals surface area contributed by atoms with E-state index in [1.807, 2.05) is 0 Å².